The van der Waals surface area contributed by atoms with Crippen LogP contribution in [-0.4, -0.2) is 20.9 Å². The molecule has 0 saturated heterocycles. The molecule has 3 rings (SSSR count). The van der Waals surface area contributed by atoms with Gasteiger partial charge in [0.25, 0.3) is 0 Å². The number of rotatable bonds is 6. The van der Waals surface area contributed by atoms with Gasteiger partial charge in [0.15, 0.2) is 0 Å². The smallest absolute Gasteiger partial charge is 0.220 e. The summed E-state index contributed by atoms with van der Waals surface area (Å²) in [6.45, 7) is 0.503. The molecule has 0 atom stereocenters. The molecule has 3 heterocycles. The summed E-state index contributed by atoms with van der Waals surface area (Å²) >= 11 is 1.55. The van der Waals surface area contributed by atoms with E-state index < -0.39 is 0 Å². The van der Waals surface area contributed by atoms with Crippen LogP contribution in [0.1, 0.15) is 17.7 Å². The molecule has 6 heteroatoms. The zero-order valence-electron chi connectivity index (χ0n) is 12.5. The molecule has 23 heavy (non-hydrogen) atoms. The van der Waals surface area contributed by atoms with Crippen LogP contribution >= 0.6 is 11.3 Å². The number of carbonyl (C=O) groups is 1. The van der Waals surface area contributed by atoms with E-state index in [9.17, 15) is 4.79 Å². The van der Waals surface area contributed by atoms with E-state index in [1.54, 1.807) is 29.9 Å². The van der Waals surface area contributed by atoms with Crippen LogP contribution in [0.5, 0.6) is 0 Å². The molecular weight excluding hydrogens is 308 g/mol. The van der Waals surface area contributed by atoms with Gasteiger partial charge in [0.05, 0.1) is 11.4 Å². The molecule has 0 spiro atoms. The van der Waals surface area contributed by atoms with Crippen LogP contribution in [0.2, 0.25) is 0 Å². The minimum atomic E-state index is 0.0150. The van der Waals surface area contributed by atoms with Gasteiger partial charge in [-0.15, -0.1) is 11.3 Å². The van der Waals surface area contributed by atoms with Crippen molar-refractivity contribution in [2.24, 2.45) is 0 Å². The molecule has 3 aromatic rings. The zero-order valence-corrected chi connectivity index (χ0v) is 13.3. The molecule has 0 radical (unpaired) electrons. The molecule has 0 saturated carbocycles. The van der Waals surface area contributed by atoms with Crippen LogP contribution in [0.15, 0.2) is 54.3 Å². The van der Waals surface area contributed by atoms with E-state index in [0.717, 1.165) is 22.0 Å². The molecule has 1 N–H and O–H groups in total. The van der Waals surface area contributed by atoms with E-state index in [2.05, 4.69) is 20.3 Å². The SMILES string of the molecule is O=C(CCc1csc(-c2ccccn2)n1)NCc1cccnc1. The van der Waals surface area contributed by atoms with Gasteiger partial charge in [-0.3, -0.25) is 14.8 Å². The molecule has 0 fully saturated rings. The molecule has 5 nitrogen and oxygen atoms in total. The second-order valence-electron chi connectivity index (χ2n) is 5.00. The summed E-state index contributed by atoms with van der Waals surface area (Å²) in [5.74, 6) is 0.0150. The first kappa shape index (κ1) is 15.3. The predicted molar refractivity (Wildman–Crippen MR) is 89.7 cm³/mol. The van der Waals surface area contributed by atoms with E-state index in [-0.39, 0.29) is 5.91 Å². The summed E-state index contributed by atoms with van der Waals surface area (Å²) in [4.78, 5) is 24.7. The maximum Gasteiger partial charge on any atom is 0.220 e. The van der Waals surface area contributed by atoms with E-state index in [1.807, 2.05) is 35.7 Å². The summed E-state index contributed by atoms with van der Waals surface area (Å²) in [6.07, 6.45) is 6.27. The van der Waals surface area contributed by atoms with Crippen LogP contribution in [0.3, 0.4) is 0 Å². The first-order valence-corrected chi connectivity index (χ1v) is 8.20. The zero-order chi connectivity index (χ0) is 15.9. The predicted octanol–water partition coefficient (Wildman–Crippen LogP) is 2.85. The number of nitrogens with zero attached hydrogens (tertiary/aromatic N) is 3. The number of hydrogen-bond acceptors (Lipinski definition) is 5. The molecule has 0 bridgehead atoms. The first-order chi connectivity index (χ1) is 11.3. The third-order valence-corrected chi connectivity index (χ3v) is 4.17. The third kappa shape index (κ3) is 4.43. The fourth-order valence-electron chi connectivity index (χ4n) is 2.06. The summed E-state index contributed by atoms with van der Waals surface area (Å²) in [5.41, 5.74) is 2.78. The van der Waals surface area contributed by atoms with Gasteiger partial charge in [-0.25, -0.2) is 4.98 Å². The Morgan fingerprint density at radius 3 is 2.91 bits per heavy atom. The van der Waals surface area contributed by atoms with Gasteiger partial charge in [-0.2, -0.15) is 0 Å². The van der Waals surface area contributed by atoms with Crippen molar-refractivity contribution in [1.82, 2.24) is 20.3 Å². The Kier molecular flexibility index (Phi) is 5.06. The molecule has 3 aromatic heterocycles. The number of pyridine rings is 2. The lowest BCUT2D eigenvalue weighted by molar-refractivity contribution is -0.121. The number of hydrogen-bond donors (Lipinski definition) is 1. The Labute approximate surface area is 138 Å². The number of amides is 1. The Hall–Kier alpha value is -2.60. The third-order valence-electron chi connectivity index (χ3n) is 3.26. The topological polar surface area (TPSA) is 67.8 Å². The van der Waals surface area contributed by atoms with E-state index in [1.165, 1.54) is 0 Å². The maximum absolute atomic E-state index is 11.9. The second-order valence-corrected chi connectivity index (χ2v) is 5.86. The highest BCUT2D eigenvalue weighted by Gasteiger charge is 2.08. The summed E-state index contributed by atoms with van der Waals surface area (Å²) in [7, 11) is 0. The van der Waals surface area contributed by atoms with Crippen LogP contribution in [0.25, 0.3) is 10.7 Å². The van der Waals surface area contributed by atoms with E-state index in [0.29, 0.717) is 19.4 Å². The van der Waals surface area contributed by atoms with Crippen molar-refractivity contribution in [2.45, 2.75) is 19.4 Å². The minimum absolute atomic E-state index is 0.0150. The van der Waals surface area contributed by atoms with Crippen LogP contribution in [0, 0.1) is 0 Å². The van der Waals surface area contributed by atoms with Gasteiger partial charge in [-0.1, -0.05) is 12.1 Å². The van der Waals surface area contributed by atoms with Gasteiger partial charge in [0.2, 0.25) is 5.91 Å². The largest absolute Gasteiger partial charge is 0.352 e. The number of thiazole rings is 1. The number of nitrogens with one attached hydrogen (secondary N) is 1. The summed E-state index contributed by atoms with van der Waals surface area (Å²) in [6, 6.07) is 9.55. The monoisotopic (exact) mass is 324 g/mol. The van der Waals surface area contributed by atoms with Crippen molar-refractivity contribution in [3.05, 3.63) is 65.6 Å². The summed E-state index contributed by atoms with van der Waals surface area (Å²) < 4.78 is 0. The highest BCUT2D eigenvalue weighted by molar-refractivity contribution is 7.13. The summed E-state index contributed by atoms with van der Waals surface area (Å²) in [5, 5.41) is 5.76. The Morgan fingerprint density at radius 1 is 1.17 bits per heavy atom. The quantitative estimate of drug-likeness (QED) is 0.757. The van der Waals surface area contributed by atoms with Gasteiger partial charge in [0, 0.05) is 36.9 Å². The normalized spacial score (nSPS) is 10.4. The van der Waals surface area contributed by atoms with Crippen molar-refractivity contribution in [1.29, 1.82) is 0 Å². The fourth-order valence-corrected chi connectivity index (χ4v) is 2.89. The Bertz CT molecular complexity index is 759. The molecule has 0 aliphatic rings. The van der Waals surface area contributed by atoms with Crippen molar-refractivity contribution >= 4 is 17.2 Å². The lowest BCUT2D eigenvalue weighted by Gasteiger charge is -2.04. The van der Waals surface area contributed by atoms with Crippen LogP contribution < -0.4 is 5.32 Å². The van der Waals surface area contributed by atoms with Crippen molar-refractivity contribution < 1.29 is 4.79 Å². The average molecular weight is 324 g/mol. The highest BCUT2D eigenvalue weighted by Crippen LogP contribution is 2.21. The van der Waals surface area contributed by atoms with Crippen LogP contribution in [0.4, 0.5) is 0 Å². The number of aromatic nitrogens is 3. The highest BCUT2D eigenvalue weighted by atomic mass is 32.1. The van der Waals surface area contributed by atoms with E-state index in [4.69, 9.17) is 0 Å². The van der Waals surface area contributed by atoms with Crippen molar-refractivity contribution in [2.75, 3.05) is 0 Å². The Morgan fingerprint density at radius 2 is 2.13 bits per heavy atom. The van der Waals surface area contributed by atoms with Gasteiger partial charge < -0.3 is 5.32 Å². The molecular formula is C17H16N4OS. The van der Waals surface area contributed by atoms with Crippen molar-refractivity contribution in [3.8, 4) is 10.7 Å². The van der Waals surface area contributed by atoms with Crippen LogP contribution in [-0.2, 0) is 17.8 Å². The van der Waals surface area contributed by atoms with Gasteiger partial charge in [0.1, 0.15) is 5.01 Å². The molecule has 0 aliphatic carbocycles. The molecule has 0 aliphatic heterocycles. The lowest BCUT2D eigenvalue weighted by Crippen LogP contribution is -2.23. The maximum atomic E-state index is 11.9. The average Bonchev–Trinajstić information content (AvgIpc) is 3.09. The second kappa shape index (κ2) is 7.60. The molecule has 1 amide bonds. The molecule has 116 valence electrons. The standard InChI is InChI=1S/C17H16N4OS/c22-16(20-11-13-4-3-8-18-10-13)7-6-14-12-23-17(21-14)15-5-1-2-9-19-15/h1-5,8-10,12H,6-7,11H2,(H,20,22). The van der Waals surface area contributed by atoms with E-state index >= 15 is 0 Å². The molecule has 0 aromatic carbocycles. The first-order valence-electron chi connectivity index (χ1n) is 7.32. The number of carbonyl (C=O) groups excluding carboxylic acids is 1. The van der Waals surface area contributed by atoms with Crippen molar-refractivity contribution in [3.63, 3.8) is 0 Å². The Balaban J connectivity index is 1.49. The minimum Gasteiger partial charge on any atom is -0.352 e. The lowest BCUT2D eigenvalue weighted by atomic mass is 10.2. The fraction of sp³-hybridized carbons (Fsp3) is 0.176. The number of aryl methyl sites for hydroxylation is 1. The van der Waals surface area contributed by atoms with Gasteiger partial charge in [-0.05, 0) is 30.2 Å². The van der Waals surface area contributed by atoms with Gasteiger partial charge >= 0.3 is 0 Å². The molecule has 0 unspecified atom stereocenters.